The Morgan fingerprint density at radius 2 is 1.95 bits per heavy atom. The fraction of sp³-hybridized carbons (Fsp3) is 0.267. The predicted molar refractivity (Wildman–Crippen MR) is 75.6 cm³/mol. The highest BCUT2D eigenvalue weighted by Crippen LogP contribution is 2.33. The van der Waals surface area contributed by atoms with Gasteiger partial charge in [0.2, 0.25) is 0 Å². The quantitative estimate of drug-likeness (QED) is 0.657. The molecule has 1 aromatic heterocycles. The first-order chi connectivity index (χ1) is 9.78. The van der Waals surface area contributed by atoms with Gasteiger partial charge in [-0.2, -0.15) is 0 Å². The standard InChI is InChI=1S/C15H17N3O2/c1-10-3-2-4-12(17-10)15(18-16)11-5-6-13-14(9-11)20-8-7-19-13/h2-6,9,15,18H,7-8,16H2,1H3. The van der Waals surface area contributed by atoms with Gasteiger partial charge in [-0.15, -0.1) is 0 Å². The van der Waals surface area contributed by atoms with E-state index in [9.17, 15) is 0 Å². The number of hydrazine groups is 1. The number of nitrogens with one attached hydrogen (secondary N) is 1. The minimum absolute atomic E-state index is 0.175. The Balaban J connectivity index is 1.97. The van der Waals surface area contributed by atoms with Gasteiger partial charge in [0, 0.05) is 5.69 Å². The fourth-order valence-electron chi connectivity index (χ4n) is 2.32. The topological polar surface area (TPSA) is 69.4 Å². The number of nitrogens with zero attached hydrogens (tertiary/aromatic N) is 1. The van der Waals surface area contributed by atoms with E-state index in [1.165, 1.54) is 0 Å². The van der Waals surface area contributed by atoms with E-state index < -0.39 is 0 Å². The molecule has 1 unspecified atom stereocenters. The molecule has 1 atom stereocenters. The summed E-state index contributed by atoms with van der Waals surface area (Å²) in [5.41, 5.74) is 5.64. The number of benzene rings is 1. The molecule has 2 heterocycles. The van der Waals surface area contributed by atoms with Crippen molar-refractivity contribution in [3.05, 3.63) is 53.3 Å². The van der Waals surface area contributed by atoms with E-state index in [1.54, 1.807) is 0 Å². The Morgan fingerprint density at radius 3 is 2.70 bits per heavy atom. The summed E-state index contributed by atoms with van der Waals surface area (Å²) < 4.78 is 11.1. The molecule has 0 bridgehead atoms. The predicted octanol–water partition coefficient (Wildman–Crippen LogP) is 1.71. The second-order valence-corrected chi connectivity index (χ2v) is 4.71. The Labute approximate surface area is 117 Å². The summed E-state index contributed by atoms with van der Waals surface area (Å²) in [4.78, 5) is 4.52. The van der Waals surface area contributed by atoms with E-state index in [1.807, 2.05) is 43.3 Å². The lowest BCUT2D eigenvalue weighted by molar-refractivity contribution is 0.171. The molecule has 2 aromatic rings. The van der Waals surface area contributed by atoms with E-state index in [4.69, 9.17) is 15.3 Å². The SMILES string of the molecule is Cc1cccc(C(NN)c2ccc3c(c2)OCCO3)n1. The molecule has 1 aromatic carbocycles. The van der Waals surface area contributed by atoms with Crippen molar-refractivity contribution in [2.45, 2.75) is 13.0 Å². The number of aromatic nitrogens is 1. The van der Waals surface area contributed by atoms with Crippen LogP contribution in [0.3, 0.4) is 0 Å². The van der Waals surface area contributed by atoms with Gasteiger partial charge in [0.1, 0.15) is 13.2 Å². The molecular formula is C15H17N3O2. The van der Waals surface area contributed by atoms with Crippen LogP contribution in [0.15, 0.2) is 36.4 Å². The highest BCUT2D eigenvalue weighted by Gasteiger charge is 2.18. The van der Waals surface area contributed by atoms with Crippen molar-refractivity contribution in [2.24, 2.45) is 5.84 Å². The average Bonchev–Trinajstić information content (AvgIpc) is 2.48. The molecule has 0 spiro atoms. The second kappa shape index (κ2) is 5.48. The lowest BCUT2D eigenvalue weighted by Crippen LogP contribution is -2.29. The van der Waals surface area contributed by atoms with Crippen molar-refractivity contribution >= 4 is 0 Å². The maximum absolute atomic E-state index is 5.70. The lowest BCUT2D eigenvalue weighted by atomic mass is 10.0. The van der Waals surface area contributed by atoms with Gasteiger partial charge < -0.3 is 9.47 Å². The molecule has 0 aliphatic carbocycles. The summed E-state index contributed by atoms with van der Waals surface area (Å²) in [6.45, 7) is 3.12. The molecule has 0 fully saturated rings. The van der Waals surface area contributed by atoms with Crippen LogP contribution >= 0.6 is 0 Å². The maximum Gasteiger partial charge on any atom is 0.161 e. The number of nitrogens with two attached hydrogens (primary N) is 1. The number of rotatable bonds is 3. The van der Waals surface area contributed by atoms with Crippen LogP contribution in [-0.2, 0) is 0 Å². The van der Waals surface area contributed by atoms with Crippen LogP contribution in [0, 0.1) is 6.92 Å². The van der Waals surface area contributed by atoms with Crippen molar-refractivity contribution in [3.63, 3.8) is 0 Å². The van der Waals surface area contributed by atoms with Crippen LogP contribution in [0.2, 0.25) is 0 Å². The summed E-state index contributed by atoms with van der Waals surface area (Å²) in [5, 5.41) is 0. The van der Waals surface area contributed by atoms with Gasteiger partial charge in [0.15, 0.2) is 11.5 Å². The number of hydrogen-bond acceptors (Lipinski definition) is 5. The number of pyridine rings is 1. The van der Waals surface area contributed by atoms with Crippen molar-refractivity contribution in [1.29, 1.82) is 0 Å². The summed E-state index contributed by atoms with van der Waals surface area (Å²) in [6, 6.07) is 11.5. The highest BCUT2D eigenvalue weighted by atomic mass is 16.6. The Kier molecular flexibility index (Phi) is 3.54. The van der Waals surface area contributed by atoms with Crippen LogP contribution in [0.4, 0.5) is 0 Å². The molecule has 3 N–H and O–H groups in total. The first kappa shape index (κ1) is 12.9. The third-order valence-corrected chi connectivity index (χ3v) is 3.27. The molecule has 0 amide bonds. The van der Waals surface area contributed by atoms with E-state index >= 15 is 0 Å². The summed E-state index contributed by atoms with van der Waals surface area (Å²) in [6.07, 6.45) is 0. The normalized spacial score (nSPS) is 14.9. The van der Waals surface area contributed by atoms with Crippen LogP contribution in [0.1, 0.15) is 23.0 Å². The van der Waals surface area contributed by atoms with E-state index in [0.29, 0.717) is 13.2 Å². The smallest absolute Gasteiger partial charge is 0.161 e. The highest BCUT2D eigenvalue weighted by molar-refractivity contribution is 5.46. The van der Waals surface area contributed by atoms with Crippen molar-refractivity contribution in [2.75, 3.05) is 13.2 Å². The summed E-state index contributed by atoms with van der Waals surface area (Å²) in [5.74, 6) is 7.22. The molecule has 0 saturated carbocycles. The molecule has 5 heteroatoms. The van der Waals surface area contributed by atoms with E-state index in [-0.39, 0.29) is 6.04 Å². The molecule has 104 valence electrons. The van der Waals surface area contributed by atoms with Gasteiger partial charge in [0.25, 0.3) is 0 Å². The zero-order valence-corrected chi connectivity index (χ0v) is 11.3. The minimum atomic E-state index is -0.175. The molecular weight excluding hydrogens is 254 g/mol. The van der Waals surface area contributed by atoms with E-state index in [2.05, 4.69) is 10.4 Å². The third-order valence-electron chi connectivity index (χ3n) is 3.27. The van der Waals surface area contributed by atoms with Gasteiger partial charge in [-0.05, 0) is 36.8 Å². The number of hydrogen-bond donors (Lipinski definition) is 2. The van der Waals surface area contributed by atoms with Crippen LogP contribution in [-0.4, -0.2) is 18.2 Å². The molecule has 0 radical (unpaired) electrons. The van der Waals surface area contributed by atoms with Crippen LogP contribution < -0.4 is 20.7 Å². The van der Waals surface area contributed by atoms with Gasteiger partial charge in [-0.25, -0.2) is 5.43 Å². The molecule has 5 nitrogen and oxygen atoms in total. The Hall–Kier alpha value is -2.11. The second-order valence-electron chi connectivity index (χ2n) is 4.71. The van der Waals surface area contributed by atoms with Crippen molar-refractivity contribution in [1.82, 2.24) is 10.4 Å². The first-order valence-electron chi connectivity index (χ1n) is 6.57. The van der Waals surface area contributed by atoms with Gasteiger partial charge >= 0.3 is 0 Å². The molecule has 1 aliphatic rings. The Bertz CT molecular complexity index is 616. The molecule has 0 saturated heterocycles. The minimum Gasteiger partial charge on any atom is -0.486 e. The molecule has 20 heavy (non-hydrogen) atoms. The third kappa shape index (κ3) is 2.45. The maximum atomic E-state index is 5.70. The zero-order valence-electron chi connectivity index (χ0n) is 11.3. The molecule has 3 rings (SSSR count). The number of ether oxygens (including phenoxy) is 2. The van der Waals surface area contributed by atoms with Crippen molar-refractivity contribution in [3.8, 4) is 11.5 Å². The van der Waals surface area contributed by atoms with Crippen LogP contribution in [0.25, 0.3) is 0 Å². The Morgan fingerprint density at radius 1 is 1.15 bits per heavy atom. The van der Waals surface area contributed by atoms with Crippen molar-refractivity contribution < 1.29 is 9.47 Å². The number of fused-ring (bicyclic) bond motifs is 1. The zero-order chi connectivity index (χ0) is 13.9. The van der Waals surface area contributed by atoms with E-state index in [0.717, 1.165) is 28.5 Å². The molecule has 1 aliphatic heterocycles. The first-order valence-corrected chi connectivity index (χ1v) is 6.57. The largest absolute Gasteiger partial charge is 0.486 e. The van der Waals surface area contributed by atoms with Gasteiger partial charge in [-0.1, -0.05) is 12.1 Å². The summed E-state index contributed by atoms with van der Waals surface area (Å²) >= 11 is 0. The lowest BCUT2D eigenvalue weighted by Gasteiger charge is -2.21. The van der Waals surface area contributed by atoms with Crippen LogP contribution in [0.5, 0.6) is 11.5 Å². The van der Waals surface area contributed by atoms with Gasteiger partial charge in [0.05, 0.1) is 11.7 Å². The summed E-state index contributed by atoms with van der Waals surface area (Å²) in [7, 11) is 0. The monoisotopic (exact) mass is 271 g/mol. The van der Waals surface area contributed by atoms with Gasteiger partial charge in [-0.3, -0.25) is 10.8 Å². The number of aryl methyl sites for hydroxylation is 1. The average molecular weight is 271 g/mol. The fourth-order valence-corrected chi connectivity index (χ4v) is 2.32.